The van der Waals surface area contributed by atoms with Crippen molar-refractivity contribution in [3.8, 4) is 0 Å². The second-order valence-corrected chi connectivity index (χ2v) is 2.67. The zero-order chi connectivity index (χ0) is 11.1. The van der Waals surface area contributed by atoms with Gasteiger partial charge in [0.05, 0.1) is 6.42 Å². The Bertz CT molecular complexity index is 283. The van der Waals surface area contributed by atoms with Gasteiger partial charge in [0, 0.05) is 18.2 Å². The number of aliphatic carboxylic acids is 1. The van der Waals surface area contributed by atoms with Crippen LogP contribution in [0.2, 0.25) is 0 Å². The number of hydrogen-bond donors (Lipinski definition) is 3. The molecule has 0 saturated carbocycles. The van der Waals surface area contributed by atoms with Crippen LogP contribution in [-0.2, 0) is 14.4 Å². The van der Waals surface area contributed by atoms with Gasteiger partial charge in [-0.25, -0.2) is 0 Å². The first-order valence-electron chi connectivity index (χ1n) is 3.91. The van der Waals surface area contributed by atoms with Crippen LogP contribution in [0.3, 0.4) is 0 Å². The maximum absolute atomic E-state index is 11.0. The summed E-state index contributed by atoms with van der Waals surface area (Å²) in [5.41, 5.74) is 5.13. The van der Waals surface area contributed by atoms with Crippen LogP contribution < -0.4 is 11.1 Å². The first-order chi connectivity index (χ1) is 6.41. The maximum Gasteiger partial charge on any atom is 0.303 e. The summed E-state index contributed by atoms with van der Waals surface area (Å²) in [5.74, 6) is -2.17. The van der Waals surface area contributed by atoms with E-state index in [0.717, 1.165) is 6.08 Å². The zero-order valence-corrected chi connectivity index (χ0v) is 7.74. The lowest BCUT2D eigenvalue weighted by Crippen LogP contribution is -2.23. The van der Waals surface area contributed by atoms with Crippen molar-refractivity contribution in [1.82, 2.24) is 5.32 Å². The van der Waals surface area contributed by atoms with Crippen LogP contribution in [0, 0.1) is 0 Å². The normalized spacial score (nSPS) is 10.8. The number of carbonyl (C=O) groups is 3. The first-order valence-corrected chi connectivity index (χ1v) is 3.91. The van der Waals surface area contributed by atoms with Gasteiger partial charge in [-0.1, -0.05) is 0 Å². The fraction of sp³-hybridized carbons (Fsp3) is 0.375. The maximum atomic E-state index is 11.0. The van der Waals surface area contributed by atoms with Crippen molar-refractivity contribution >= 4 is 17.8 Å². The Balaban J connectivity index is 3.94. The van der Waals surface area contributed by atoms with Crippen molar-refractivity contribution in [3.63, 3.8) is 0 Å². The number of primary amides is 1. The fourth-order valence-electron chi connectivity index (χ4n) is 0.752. The summed E-state index contributed by atoms with van der Waals surface area (Å²) in [6.45, 7) is 1.49. The van der Waals surface area contributed by atoms with Crippen LogP contribution in [0.15, 0.2) is 11.8 Å². The third-order valence-corrected chi connectivity index (χ3v) is 1.26. The van der Waals surface area contributed by atoms with E-state index in [1.54, 1.807) is 0 Å². The summed E-state index contributed by atoms with van der Waals surface area (Å²) >= 11 is 0. The third-order valence-electron chi connectivity index (χ3n) is 1.26. The minimum absolute atomic E-state index is 0.126. The lowest BCUT2D eigenvalue weighted by Gasteiger charge is -2.02. The quantitative estimate of drug-likeness (QED) is 0.512. The van der Waals surface area contributed by atoms with E-state index in [2.05, 4.69) is 5.32 Å². The van der Waals surface area contributed by atoms with Gasteiger partial charge in [0.1, 0.15) is 0 Å². The highest BCUT2D eigenvalue weighted by molar-refractivity contribution is 5.88. The lowest BCUT2D eigenvalue weighted by molar-refractivity contribution is -0.138. The fourth-order valence-corrected chi connectivity index (χ4v) is 0.752. The number of carbonyl (C=O) groups excluding carboxylic acids is 2. The van der Waals surface area contributed by atoms with E-state index < -0.39 is 17.8 Å². The molecule has 78 valence electrons. The predicted octanol–water partition coefficient (Wildman–Crippen LogP) is -0.643. The molecule has 0 unspecified atom stereocenters. The van der Waals surface area contributed by atoms with Crippen molar-refractivity contribution in [1.29, 1.82) is 0 Å². The van der Waals surface area contributed by atoms with Gasteiger partial charge >= 0.3 is 5.97 Å². The van der Waals surface area contributed by atoms with Gasteiger partial charge in [-0.05, 0) is 6.92 Å². The van der Waals surface area contributed by atoms with Crippen molar-refractivity contribution in [2.75, 3.05) is 0 Å². The molecular weight excluding hydrogens is 188 g/mol. The molecular formula is C8H12N2O4. The van der Waals surface area contributed by atoms with Crippen LogP contribution in [0.1, 0.15) is 19.8 Å². The topological polar surface area (TPSA) is 109 Å². The smallest absolute Gasteiger partial charge is 0.303 e. The first kappa shape index (κ1) is 12.2. The third kappa shape index (κ3) is 6.84. The highest BCUT2D eigenvalue weighted by atomic mass is 16.4. The lowest BCUT2D eigenvalue weighted by atomic mass is 10.3. The Kier molecular flexibility index (Phi) is 4.98. The number of allylic oxidation sites excluding steroid dienone is 1. The minimum atomic E-state index is -1.04. The number of hydrogen-bond acceptors (Lipinski definition) is 3. The van der Waals surface area contributed by atoms with E-state index in [1.807, 2.05) is 0 Å². The van der Waals surface area contributed by atoms with Gasteiger partial charge in [0.15, 0.2) is 0 Å². The van der Waals surface area contributed by atoms with Gasteiger partial charge in [0.2, 0.25) is 11.8 Å². The molecule has 6 heteroatoms. The molecule has 2 amide bonds. The molecule has 0 saturated heterocycles. The minimum Gasteiger partial charge on any atom is -0.481 e. The summed E-state index contributed by atoms with van der Waals surface area (Å²) in [6, 6.07) is 0. The number of carboxylic acids is 1. The largest absolute Gasteiger partial charge is 0.481 e. The molecule has 0 radical (unpaired) electrons. The molecule has 0 aromatic heterocycles. The summed E-state index contributed by atoms with van der Waals surface area (Å²) < 4.78 is 0. The average molecular weight is 200 g/mol. The molecule has 0 aromatic rings. The predicted molar refractivity (Wildman–Crippen MR) is 48.0 cm³/mol. The second-order valence-electron chi connectivity index (χ2n) is 2.67. The molecule has 0 aliphatic carbocycles. The van der Waals surface area contributed by atoms with Gasteiger partial charge in [-0.3, -0.25) is 14.4 Å². The van der Waals surface area contributed by atoms with E-state index in [9.17, 15) is 14.4 Å². The molecule has 0 rings (SSSR count). The standard InChI is InChI=1S/C8H12N2O4/c1-5(4-6(9)11)10-7(12)2-3-8(13)14/h4H,2-3H2,1H3,(H2,9,11)(H,10,12)(H,13,14)/b5-4+. The molecule has 4 N–H and O–H groups in total. The van der Waals surface area contributed by atoms with E-state index >= 15 is 0 Å². The Morgan fingerprint density at radius 2 is 1.93 bits per heavy atom. The van der Waals surface area contributed by atoms with Crippen LogP contribution in [0.25, 0.3) is 0 Å². The number of carboxylic acid groups (broad SMARTS) is 1. The van der Waals surface area contributed by atoms with E-state index in [-0.39, 0.29) is 12.8 Å². The van der Waals surface area contributed by atoms with Gasteiger partial charge in [0.25, 0.3) is 0 Å². The molecule has 0 atom stereocenters. The number of amides is 2. The van der Waals surface area contributed by atoms with Crippen molar-refractivity contribution in [2.45, 2.75) is 19.8 Å². The van der Waals surface area contributed by atoms with Crippen molar-refractivity contribution in [2.24, 2.45) is 5.73 Å². The van der Waals surface area contributed by atoms with Crippen LogP contribution >= 0.6 is 0 Å². The molecule has 0 aliphatic rings. The Morgan fingerprint density at radius 3 is 2.36 bits per heavy atom. The van der Waals surface area contributed by atoms with Crippen molar-refractivity contribution in [3.05, 3.63) is 11.8 Å². The van der Waals surface area contributed by atoms with Crippen LogP contribution in [0.4, 0.5) is 0 Å². The summed E-state index contributed by atoms with van der Waals surface area (Å²) in [6.07, 6.45) is 0.688. The summed E-state index contributed by atoms with van der Waals surface area (Å²) in [4.78, 5) is 31.4. The number of nitrogens with one attached hydrogen (secondary N) is 1. The Hall–Kier alpha value is -1.85. The van der Waals surface area contributed by atoms with E-state index in [4.69, 9.17) is 10.8 Å². The number of nitrogens with two attached hydrogens (primary N) is 1. The van der Waals surface area contributed by atoms with Crippen molar-refractivity contribution < 1.29 is 19.5 Å². The Morgan fingerprint density at radius 1 is 1.36 bits per heavy atom. The van der Waals surface area contributed by atoms with Gasteiger partial charge in [-0.15, -0.1) is 0 Å². The average Bonchev–Trinajstić information content (AvgIpc) is 1.98. The van der Waals surface area contributed by atoms with E-state index in [0.29, 0.717) is 5.70 Å². The van der Waals surface area contributed by atoms with Crippen LogP contribution in [0.5, 0.6) is 0 Å². The summed E-state index contributed by atoms with van der Waals surface area (Å²) in [7, 11) is 0. The van der Waals surface area contributed by atoms with Crippen LogP contribution in [-0.4, -0.2) is 22.9 Å². The molecule has 0 aromatic carbocycles. The van der Waals surface area contributed by atoms with Gasteiger partial charge < -0.3 is 16.2 Å². The molecule has 0 heterocycles. The van der Waals surface area contributed by atoms with E-state index in [1.165, 1.54) is 6.92 Å². The number of rotatable bonds is 5. The highest BCUT2D eigenvalue weighted by Crippen LogP contribution is 1.92. The molecule has 0 spiro atoms. The highest BCUT2D eigenvalue weighted by Gasteiger charge is 2.05. The second kappa shape index (κ2) is 5.74. The molecule has 14 heavy (non-hydrogen) atoms. The Labute approximate surface area is 80.8 Å². The van der Waals surface area contributed by atoms with Gasteiger partial charge in [-0.2, -0.15) is 0 Å². The molecule has 0 aliphatic heterocycles. The summed E-state index contributed by atoms with van der Waals surface area (Å²) in [5, 5.41) is 10.6. The zero-order valence-electron chi connectivity index (χ0n) is 7.74. The molecule has 6 nitrogen and oxygen atoms in total. The monoisotopic (exact) mass is 200 g/mol. The SMILES string of the molecule is C/C(=C\C(N)=O)NC(=O)CCC(=O)O. The molecule has 0 bridgehead atoms. The molecule has 0 fully saturated rings.